The van der Waals surface area contributed by atoms with Gasteiger partial charge in [-0.05, 0) is 56.2 Å². The van der Waals surface area contributed by atoms with Crippen LogP contribution in [-0.2, 0) is 6.54 Å². The zero-order chi connectivity index (χ0) is 17.4. The average molecular weight is 332 g/mol. The number of fused-ring (bicyclic) bond motifs is 1. The fraction of sp³-hybridized carbons (Fsp3) is 0.391. The predicted octanol–water partition coefficient (Wildman–Crippen LogP) is 5.29. The molecule has 2 atom stereocenters. The molecule has 1 aromatic heterocycles. The van der Waals surface area contributed by atoms with Crippen molar-refractivity contribution in [2.75, 3.05) is 0 Å². The Morgan fingerprint density at radius 1 is 1.04 bits per heavy atom. The Labute approximate surface area is 150 Å². The summed E-state index contributed by atoms with van der Waals surface area (Å²) in [6.45, 7) is 5.29. The van der Waals surface area contributed by atoms with Crippen molar-refractivity contribution in [1.82, 2.24) is 4.57 Å². The second-order valence-electron chi connectivity index (χ2n) is 7.85. The second kappa shape index (κ2) is 6.68. The van der Waals surface area contributed by atoms with Gasteiger partial charge >= 0.3 is 0 Å². The van der Waals surface area contributed by atoms with Crippen molar-refractivity contribution >= 4 is 10.9 Å². The zero-order valence-corrected chi connectivity index (χ0v) is 15.3. The number of hydrogen-bond acceptors (Lipinski definition) is 1. The molecule has 2 heteroatoms. The minimum Gasteiger partial charge on any atom is -0.343 e. The third kappa shape index (κ3) is 3.36. The van der Waals surface area contributed by atoms with E-state index in [9.17, 15) is 0 Å². The van der Waals surface area contributed by atoms with Gasteiger partial charge in [-0.2, -0.15) is 0 Å². The summed E-state index contributed by atoms with van der Waals surface area (Å²) in [7, 11) is 0. The Hall–Kier alpha value is -2.06. The third-order valence-electron chi connectivity index (χ3n) is 5.61. The van der Waals surface area contributed by atoms with Crippen LogP contribution in [0.1, 0.15) is 53.9 Å². The van der Waals surface area contributed by atoms with Gasteiger partial charge in [-0.25, -0.2) is 0 Å². The van der Waals surface area contributed by atoms with Crippen molar-refractivity contribution in [2.24, 2.45) is 5.73 Å². The van der Waals surface area contributed by atoms with Gasteiger partial charge in [0.05, 0.1) is 0 Å². The predicted molar refractivity (Wildman–Crippen MR) is 106 cm³/mol. The van der Waals surface area contributed by atoms with E-state index in [4.69, 9.17) is 5.73 Å². The zero-order valence-electron chi connectivity index (χ0n) is 15.3. The summed E-state index contributed by atoms with van der Waals surface area (Å²) in [5, 5.41) is 1.41. The first kappa shape index (κ1) is 16.4. The summed E-state index contributed by atoms with van der Waals surface area (Å²) in [5.74, 6) is 0.606. The van der Waals surface area contributed by atoms with Gasteiger partial charge < -0.3 is 10.3 Å². The van der Waals surface area contributed by atoms with Gasteiger partial charge in [0.1, 0.15) is 0 Å². The first-order valence-corrected chi connectivity index (χ1v) is 9.50. The smallest absolute Gasteiger partial charge is 0.0486 e. The first-order valence-electron chi connectivity index (χ1n) is 9.50. The molecule has 0 spiro atoms. The van der Waals surface area contributed by atoms with E-state index in [-0.39, 0.29) is 0 Å². The fourth-order valence-corrected chi connectivity index (χ4v) is 4.60. The molecule has 0 aliphatic heterocycles. The van der Waals surface area contributed by atoms with Crippen LogP contribution in [0.15, 0.2) is 48.7 Å². The van der Waals surface area contributed by atoms with E-state index in [1.54, 1.807) is 0 Å². The standard InChI is InChI=1S/C23H28N2/c1-16-10-17(2)12-18(11-16)14-25-15-22(19-6-5-7-20(24)13-19)21-8-3-4-9-23(21)25/h3-4,8-12,15,19-20H,5-7,13-14,24H2,1-2H3. The number of hydrogen-bond donors (Lipinski definition) is 1. The highest BCUT2D eigenvalue weighted by molar-refractivity contribution is 5.84. The molecule has 0 saturated heterocycles. The van der Waals surface area contributed by atoms with Crippen molar-refractivity contribution in [3.8, 4) is 0 Å². The first-order chi connectivity index (χ1) is 12.1. The SMILES string of the molecule is Cc1cc(C)cc(Cn2cc(C3CCCC(N)C3)c3ccccc32)c1. The van der Waals surface area contributed by atoms with Crippen LogP contribution in [0.4, 0.5) is 0 Å². The van der Waals surface area contributed by atoms with E-state index < -0.39 is 0 Å². The van der Waals surface area contributed by atoms with E-state index in [0.29, 0.717) is 12.0 Å². The maximum absolute atomic E-state index is 6.26. The second-order valence-corrected chi connectivity index (χ2v) is 7.85. The van der Waals surface area contributed by atoms with Crippen LogP contribution in [0.3, 0.4) is 0 Å². The average Bonchev–Trinajstić information content (AvgIpc) is 2.93. The van der Waals surface area contributed by atoms with Crippen molar-refractivity contribution in [1.29, 1.82) is 0 Å². The molecule has 2 N–H and O–H groups in total. The molecule has 4 rings (SSSR count). The van der Waals surface area contributed by atoms with Crippen LogP contribution in [0.25, 0.3) is 10.9 Å². The number of benzene rings is 2. The van der Waals surface area contributed by atoms with E-state index in [1.807, 2.05) is 0 Å². The number of para-hydroxylation sites is 1. The summed E-state index contributed by atoms with van der Waals surface area (Å²) in [6.07, 6.45) is 7.22. The summed E-state index contributed by atoms with van der Waals surface area (Å²) >= 11 is 0. The molecule has 2 aromatic carbocycles. The van der Waals surface area contributed by atoms with Crippen LogP contribution in [0.5, 0.6) is 0 Å². The summed E-state index contributed by atoms with van der Waals surface area (Å²) in [6, 6.07) is 16.1. The largest absolute Gasteiger partial charge is 0.343 e. The summed E-state index contributed by atoms with van der Waals surface area (Å²) in [4.78, 5) is 0. The minimum atomic E-state index is 0.361. The van der Waals surface area contributed by atoms with Gasteiger partial charge in [0, 0.05) is 29.7 Å². The molecule has 2 nitrogen and oxygen atoms in total. The lowest BCUT2D eigenvalue weighted by atomic mass is 9.81. The fourth-order valence-electron chi connectivity index (χ4n) is 4.60. The maximum atomic E-state index is 6.26. The van der Waals surface area contributed by atoms with E-state index in [1.165, 1.54) is 52.4 Å². The topological polar surface area (TPSA) is 30.9 Å². The molecule has 0 bridgehead atoms. The van der Waals surface area contributed by atoms with Gasteiger partial charge in [0.2, 0.25) is 0 Å². The molecule has 25 heavy (non-hydrogen) atoms. The number of aromatic nitrogens is 1. The number of nitrogens with two attached hydrogens (primary N) is 1. The van der Waals surface area contributed by atoms with Crippen molar-refractivity contribution < 1.29 is 0 Å². The van der Waals surface area contributed by atoms with E-state index in [0.717, 1.165) is 13.0 Å². The van der Waals surface area contributed by atoms with Gasteiger partial charge in [-0.1, -0.05) is 53.9 Å². The molecule has 1 aliphatic carbocycles. The molecule has 3 aromatic rings. The van der Waals surface area contributed by atoms with Gasteiger partial charge in [0.15, 0.2) is 0 Å². The molecule has 0 radical (unpaired) electrons. The Bertz CT molecular complexity index is 870. The van der Waals surface area contributed by atoms with Crippen LogP contribution in [0.2, 0.25) is 0 Å². The van der Waals surface area contributed by atoms with Gasteiger partial charge in [0.25, 0.3) is 0 Å². The van der Waals surface area contributed by atoms with Gasteiger partial charge in [-0.3, -0.25) is 0 Å². The van der Waals surface area contributed by atoms with Crippen LogP contribution < -0.4 is 5.73 Å². The van der Waals surface area contributed by atoms with E-state index >= 15 is 0 Å². The number of rotatable bonds is 3. The lowest BCUT2D eigenvalue weighted by molar-refractivity contribution is 0.394. The molecule has 130 valence electrons. The van der Waals surface area contributed by atoms with Crippen LogP contribution in [-0.4, -0.2) is 10.6 Å². The molecular weight excluding hydrogens is 304 g/mol. The monoisotopic (exact) mass is 332 g/mol. The number of nitrogens with zero attached hydrogens (tertiary/aromatic N) is 1. The highest BCUT2D eigenvalue weighted by atomic mass is 15.0. The normalized spacial score (nSPS) is 20.9. The molecule has 1 heterocycles. The summed E-state index contributed by atoms with van der Waals surface area (Å²) < 4.78 is 2.43. The Morgan fingerprint density at radius 2 is 1.80 bits per heavy atom. The highest BCUT2D eigenvalue weighted by Crippen LogP contribution is 2.37. The number of aryl methyl sites for hydroxylation is 2. The Kier molecular flexibility index (Phi) is 4.39. The highest BCUT2D eigenvalue weighted by Gasteiger charge is 2.24. The molecule has 2 unspecified atom stereocenters. The lowest BCUT2D eigenvalue weighted by Crippen LogP contribution is -2.26. The van der Waals surface area contributed by atoms with Gasteiger partial charge in [-0.15, -0.1) is 0 Å². The molecule has 1 fully saturated rings. The van der Waals surface area contributed by atoms with Crippen LogP contribution >= 0.6 is 0 Å². The molecule has 1 saturated carbocycles. The Morgan fingerprint density at radius 3 is 2.56 bits per heavy atom. The quantitative estimate of drug-likeness (QED) is 0.694. The van der Waals surface area contributed by atoms with Crippen LogP contribution in [0, 0.1) is 13.8 Å². The minimum absolute atomic E-state index is 0.361. The van der Waals surface area contributed by atoms with Crippen molar-refractivity contribution in [3.05, 3.63) is 70.9 Å². The molecule has 0 amide bonds. The van der Waals surface area contributed by atoms with Crippen molar-refractivity contribution in [2.45, 2.75) is 58.0 Å². The Balaban J connectivity index is 1.74. The molecule has 1 aliphatic rings. The summed E-state index contributed by atoms with van der Waals surface area (Å²) in [5.41, 5.74) is 13.2. The maximum Gasteiger partial charge on any atom is 0.0486 e. The third-order valence-corrected chi connectivity index (χ3v) is 5.61. The molecular formula is C23H28N2. The van der Waals surface area contributed by atoms with Crippen molar-refractivity contribution in [3.63, 3.8) is 0 Å². The lowest BCUT2D eigenvalue weighted by Gasteiger charge is -2.26. The van der Waals surface area contributed by atoms with E-state index in [2.05, 4.69) is 67.1 Å².